The number of rotatable bonds is 6. The third-order valence-electron chi connectivity index (χ3n) is 5.79. The molecule has 0 radical (unpaired) electrons. The average Bonchev–Trinajstić information content (AvgIpc) is 2.80. The lowest BCUT2D eigenvalue weighted by atomic mass is 9.84. The third-order valence-corrected chi connectivity index (χ3v) is 5.79. The highest BCUT2D eigenvalue weighted by Gasteiger charge is 2.40. The molecule has 2 atom stereocenters. The van der Waals surface area contributed by atoms with Gasteiger partial charge in [0, 0.05) is 12.1 Å². The van der Waals surface area contributed by atoms with Gasteiger partial charge in [0.25, 0.3) is 0 Å². The summed E-state index contributed by atoms with van der Waals surface area (Å²) in [7, 11) is 0. The van der Waals surface area contributed by atoms with Crippen LogP contribution in [0.15, 0.2) is 54.7 Å². The normalized spacial score (nSPS) is 22.0. The van der Waals surface area contributed by atoms with Crippen molar-refractivity contribution in [3.05, 3.63) is 71.3 Å². The van der Waals surface area contributed by atoms with Gasteiger partial charge in [-0.1, -0.05) is 49.4 Å². The number of benzene rings is 1. The number of carbonyl (C=O) groups is 3. The Kier molecular flexibility index (Phi) is 8.96. The average molecular weight is 442 g/mol. The number of nitrogens with zero attached hydrogens (tertiary/aromatic N) is 1. The first-order chi connectivity index (χ1) is 15.3. The summed E-state index contributed by atoms with van der Waals surface area (Å²) in [5.41, 5.74) is 0.525. The van der Waals surface area contributed by atoms with Gasteiger partial charge in [0.1, 0.15) is 6.04 Å². The zero-order valence-electron chi connectivity index (χ0n) is 18.8. The summed E-state index contributed by atoms with van der Waals surface area (Å²) >= 11 is 0. The summed E-state index contributed by atoms with van der Waals surface area (Å²) in [6.07, 6.45) is 15.5. The van der Waals surface area contributed by atoms with Crippen molar-refractivity contribution in [3.8, 4) is 0 Å². The second kappa shape index (κ2) is 11.4. The van der Waals surface area contributed by atoms with E-state index in [9.17, 15) is 14.4 Å². The molecular formula is C25H31NO6. The zero-order chi connectivity index (χ0) is 23.7. The Bertz CT molecular complexity index is 932. The van der Waals surface area contributed by atoms with Crippen LogP contribution in [0, 0.1) is 6.92 Å². The lowest BCUT2D eigenvalue weighted by molar-refractivity contribution is -0.151. The molecule has 1 aromatic rings. The molecule has 0 saturated heterocycles. The Morgan fingerprint density at radius 1 is 1.09 bits per heavy atom. The van der Waals surface area contributed by atoms with E-state index in [4.69, 9.17) is 14.9 Å². The minimum atomic E-state index is -1.12. The van der Waals surface area contributed by atoms with E-state index in [1.165, 1.54) is 12.1 Å². The summed E-state index contributed by atoms with van der Waals surface area (Å²) in [4.78, 5) is 35.6. The summed E-state index contributed by atoms with van der Waals surface area (Å²) in [5.74, 6) is -2.33. The predicted molar refractivity (Wildman–Crippen MR) is 122 cm³/mol. The van der Waals surface area contributed by atoms with Gasteiger partial charge >= 0.3 is 17.9 Å². The Labute approximate surface area is 188 Å². The molecule has 0 bridgehead atoms. The first kappa shape index (κ1) is 25.1. The van der Waals surface area contributed by atoms with Crippen LogP contribution in [0.2, 0.25) is 0 Å². The molecule has 3 rings (SSSR count). The highest BCUT2D eigenvalue weighted by atomic mass is 16.5. The number of carboxylic acids is 2. The van der Waals surface area contributed by atoms with Crippen LogP contribution in [0.4, 0.5) is 0 Å². The van der Waals surface area contributed by atoms with E-state index in [1.807, 2.05) is 6.92 Å². The van der Waals surface area contributed by atoms with Crippen LogP contribution in [0.1, 0.15) is 59.4 Å². The largest absolute Gasteiger partial charge is 0.478 e. The minimum absolute atomic E-state index is 0.0111. The number of allylic oxidation sites excluding steroid dienone is 2. The maximum Gasteiger partial charge on any atom is 0.335 e. The standard InChI is InChI=1S/C16H23NO2.C9H8O4/c1-3-16(11-7-5-8-12-16)17-13-9-6-10-14(17)15(18)19-4-2;1-5-2-3-6(8(10)11)4-7(5)9(12)13/h5-9,11,14H,3-4,10,12-13H2,1-2H3;2-4H,1H3,(H,10,11)(H,12,13). The van der Waals surface area contributed by atoms with Gasteiger partial charge in [-0.25, -0.2) is 9.59 Å². The van der Waals surface area contributed by atoms with Crippen molar-refractivity contribution < 1.29 is 29.3 Å². The molecule has 0 fully saturated rings. The van der Waals surface area contributed by atoms with Gasteiger partial charge in [0.05, 0.1) is 17.7 Å². The molecule has 32 heavy (non-hydrogen) atoms. The first-order valence-electron chi connectivity index (χ1n) is 10.8. The van der Waals surface area contributed by atoms with Crippen LogP contribution in [-0.4, -0.2) is 57.8 Å². The van der Waals surface area contributed by atoms with E-state index in [-0.39, 0.29) is 28.7 Å². The molecule has 2 N–H and O–H groups in total. The van der Waals surface area contributed by atoms with Gasteiger partial charge in [-0.05, 0) is 50.8 Å². The molecule has 1 heterocycles. The molecule has 172 valence electrons. The van der Waals surface area contributed by atoms with Gasteiger partial charge in [-0.15, -0.1) is 0 Å². The molecule has 0 spiro atoms. The van der Waals surface area contributed by atoms with Crippen LogP contribution in [0.25, 0.3) is 0 Å². The fourth-order valence-corrected chi connectivity index (χ4v) is 3.94. The van der Waals surface area contributed by atoms with E-state index in [0.29, 0.717) is 12.2 Å². The van der Waals surface area contributed by atoms with Crippen molar-refractivity contribution in [2.45, 2.75) is 51.6 Å². The lowest BCUT2D eigenvalue weighted by Crippen LogP contribution is -2.56. The number of ether oxygens (including phenoxy) is 1. The highest BCUT2D eigenvalue weighted by molar-refractivity contribution is 5.94. The number of carbonyl (C=O) groups excluding carboxylic acids is 1. The molecule has 1 aliphatic carbocycles. The van der Waals surface area contributed by atoms with Crippen molar-refractivity contribution in [3.63, 3.8) is 0 Å². The lowest BCUT2D eigenvalue weighted by Gasteiger charge is -2.46. The Hall–Kier alpha value is -3.19. The molecule has 1 aromatic carbocycles. The number of carboxylic acid groups (broad SMARTS) is 2. The van der Waals surface area contributed by atoms with Crippen LogP contribution in [0.5, 0.6) is 0 Å². The van der Waals surface area contributed by atoms with E-state index in [0.717, 1.165) is 31.9 Å². The molecule has 2 unspecified atom stereocenters. The third kappa shape index (κ3) is 5.95. The molecule has 2 aliphatic rings. The fourth-order valence-electron chi connectivity index (χ4n) is 3.94. The summed E-state index contributed by atoms with van der Waals surface area (Å²) in [5, 5.41) is 17.3. The molecule has 7 nitrogen and oxygen atoms in total. The van der Waals surface area contributed by atoms with Crippen molar-refractivity contribution in [1.29, 1.82) is 0 Å². The SMILES string of the molecule is CCOC(=O)C1CC=CCN1C1(CC)C=CC=CC1.Cc1ccc(C(=O)O)cc1C(=O)O. The monoisotopic (exact) mass is 441 g/mol. The van der Waals surface area contributed by atoms with E-state index in [1.54, 1.807) is 6.92 Å². The maximum atomic E-state index is 12.2. The first-order valence-corrected chi connectivity index (χ1v) is 10.8. The molecule has 0 saturated carbocycles. The van der Waals surface area contributed by atoms with Gasteiger partial charge in [0.15, 0.2) is 0 Å². The minimum Gasteiger partial charge on any atom is -0.478 e. The summed E-state index contributed by atoms with van der Waals surface area (Å²) in [6.45, 7) is 6.93. The maximum absolute atomic E-state index is 12.2. The van der Waals surface area contributed by atoms with Crippen LogP contribution in [-0.2, 0) is 9.53 Å². The van der Waals surface area contributed by atoms with Crippen molar-refractivity contribution in [2.24, 2.45) is 0 Å². The van der Waals surface area contributed by atoms with Gasteiger partial charge < -0.3 is 14.9 Å². The second-order valence-corrected chi connectivity index (χ2v) is 7.72. The molecular weight excluding hydrogens is 410 g/mol. The molecule has 0 amide bonds. The van der Waals surface area contributed by atoms with Crippen molar-refractivity contribution >= 4 is 17.9 Å². The summed E-state index contributed by atoms with van der Waals surface area (Å²) in [6, 6.07) is 3.86. The molecule has 7 heteroatoms. The van der Waals surface area contributed by atoms with Crippen molar-refractivity contribution in [1.82, 2.24) is 4.90 Å². The number of aryl methyl sites for hydroxylation is 1. The van der Waals surface area contributed by atoms with E-state index in [2.05, 4.69) is 48.3 Å². The van der Waals surface area contributed by atoms with E-state index < -0.39 is 11.9 Å². The van der Waals surface area contributed by atoms with Crippen LogP contribution >= 0.6 is 0 Å². The van der Waals surface area contributed by atoms with Gasteiger partial charge in [-0.3, -0.25) is 9.69 Å². The fraction of sp³-hybridized carbons (Fsp3) is 0.400. The summed E-state index contributed by atoms with van der Waals surface area (Å²) < 4.78 is 5.24. The molecule has 1 aliphatic heterocycles. The zero-order valence-corrected chi connectivity index (χ0v) is 18.8. The number of hydrogen-bond acceptors (Lipinski definition) is 5. The van der Waals surface area contributed by atoms with E-state index >= 15 is 0 Å². The predicted octanol–water partition coefficient (Wildman–Crippen LogP) is 4.24. The number of esters is 1. The second-order valence-electron chi connectivity index (χ2n) is 7.72. The Morgan fingerprint density at radius 3 is 2.41 bits per heavy atom. The number of hydrogen-bond donors (Lipinski definition) is 2. The number of aromatic carboxylic acids is 2. The quantitative estimate of drug-likeness (QED) is 0.503. The van der Waals surface area contributed by atoms with Crippen LogP contribution < -0.4 is 0 Å². The highest BCUT2D eigenvalue weighted by Crippen LogP contribution is 2.33. The Morgan fingerprint density at radius 2 is 1.84 bits per heavy atom. The van der Waals surface area contributed by atoms with Gasteiger partial charge in [0.2, 0.25) is 0 Å². The van der Waals surface area contributed by atoms with Crippen LogP contribution in [0.3, 0.4) is 0 Å². The Balaban J connectivity index is 0.000000244. The topological polar surface area (TPSA) is 104 Å². The smallest absolute Gasteiger partial charge is 0.335 e. The van der Waals surface area contributed by atoms with Crippen molar-refractivity contribution in [2.75, 3.05) is 13.2 Å². The van der Waals surface area contributed by atoms with Gasteiger partial charge in [-0.2, -0.15) is 0 Å². The molecule has 0 aromatic heterocycles.